The Hall–Kier alpha value is -3.39. The molecule has 0 unspecified atom stereocenters. The molecule has 36 heavy (non-hydrogen) atoms. The summed E-state index contributed by atoms with van der Waals surface area (Å²) in [4.78, 5) is 0. The van der Waals surface area contributed by atoms with Crippen LogP contribution in [0.5, 0.6) is 11.5 Å². The molecule has 1 aliphatic heterocycles. The minimum absolute atomic E-state index is 0.355. The SMILES string of the molecule is Cc1c2c(c(C(C)C)c3ccccc13)Oc1cc3cc(C4CCCCC4)ccc3c3cc[n+](C)c-2c13. The van der Waals surface area contributed by atoms with Crippen molar-refractivity contribution < 1.29 is 9.30 Å². The molecule has 1 fully saturated rings. The molecular weight excluding hydrogens is 438 g/mol. The van der Waals surface area contributed by atoms with Crippen LogP contribution in [0.25, 0.3) is 43.6 Å². The van der Waals surface area contributed by atoms with Crippen LogP contribution < -0.4 is 9.30 Å². The lowest BCUT2D eigenvalue weighted by atomic mass is 9.82. The monoisotopic (exact) mass is 472 g/mol. The second-order valence-corrected chi connectivity index (χ2v) is 11.3. The molecule has 5 aromatic rings. The molecule has 0 N–H and O–H groups in total. The van der Waals surface area contributed by atoms with Crippen molar-refractivity contribution in [3.8, 4) is 22.8 Å². The molecule has 1 aliphatic carbocycles. The highest BCUT2D eigenvalue weighted by atomic mass is 16.5. The van der Waals surface area contributed by atoms with E-state index in [4.69, 9.17) is 4.74 Å². The molecule has 7 rings (SSSR count). The molecule has 180 valence electrons. The van der Waals surface area contributed by atoms with Gasteiger partial charge in [-0.25, -0.2) is 4.57 Å². The van der Waals surface area contributed by atoms with E-state index in [9.17, 15) is 0 Å². The fourth-order valence-electron chi connectivity index (χ4n) is 7.03. The molecule has 2 heteroatoms. The first kappa shape index (κ1) is 21.9. The minimum Gasteiger partial charge on any atom is -0.455 e. The Kier molecular flexibility index (Phi) is 4.90. The van der Waals surface area contributed by atoms with E-state index in [-0.39, 0.29) is 0 Å². The lowest BCUT2D eigenvalue weighted by Gasteiger charge is -2.27. The van der Waals surface area contributed by atoms with Crippen LogP contribution in [-0.4, -0.2) is 0 Å². The van der Waals surface area contributed by atoms with Gasteiger partial charge in [-0.05, 0) is 70.3 Å². The Morgan fingerprint density at radius 3 is 2.42 bits per heavy atom. The van der Waals surface area contributed by atoms with Crippen molar-refractivity contribution >= 4 is 32.3 Å². The Balaban J connectivity index is 1.56. The minimum atomic E-state index is 0.355. The van der Waals surface area contributed by atoms with E-state index in [0.717, 1.165) is 11.5 Å². The average Bonchev–Trinajstić information content (AvgIpc) is 2.90. The smallest absolute Gasteiger partial charge is 0.228 e. The normalized spacial score (nSPS) is 15.6. The van der Waals surface area contributed by atoms with Crippen LogP contribution in [0.15, 0.2) is 60.8 Å². The molecule has 1 saturated carbocycles. The van der Waals surface area contributed by atoms with Gasteiger partial charge in [0.05, 0.1) is 10.9 Å². The zero-order valence-corrected chi connectivity index (χ0v) is 21.8. The summed E-state index contributed by atoms with van der Waals surface area (Å²) < 4.78 is 9.26. The van der Waals surface area contributed by atoms with Crippen LogP contribution in [0.2, 0.25) is 0 Å². The Labute approximate surface area is 213 Å². The Morgan fingerprint density at radius 1 is 0.861 bits per heavy atom. The van der Waals surface area contributed by atoms with Gasteiger partial charge >= 0.3 is 0 Å². The second-order valence-electron chi connectivity index (χ2n) is 11.3. The maximum Gasteiger partial charge on any atom is 0.228 e. The summed E-state index contributed by atoms with van der Waals surface area (Å²) >= 11 is 0. The highest BCUT2D eigenvalue weighted by molar-refractivity contribution is 6.16. The van der Waals surface area contributed by atoms with E-state index in [1.165, 1.54) is 92.4 Å². The first-order valence-electron chi connectivity index (χ1n) is 13.7. The van der Waals surface area contributed by atoms with E-state index >= 15 is 0 Å². The zero-order valence-electron chi connectivity index (χ0n) is 21.8. The van der Waals surface area contributed by atoms with Crippen molar-refractivity contribution in [2.24, 2.45) is 7.05 Å². The van der Waals surface area contributed by atoms with Gasteiger partial charge in [-0.1, -0.05) is 75.6 Å². The number of hydrogen-bond donors (Lipinski definition) is 0. The fraction of sp³-hybridized carbons (Fsp3) is 0.324. The van der Waals surface area contributed by atoms with Gasteiger partial charge in [0.15, 0.2) is 6.20 Å². The van der Waals surface area contributed by atoms with Gasteiger partial charge in [-0.15, -0.1) is 0 Å². The maximum atomic E-state index is 6.97. The molecule has 2 nitrogen and oxygen atoms in total. The molecule has 0 amide bonds. The summed E-state index contributed by atoms with van der Waals surface area (Å²) in [5, 5.41) is 7.77. The lowest BCUT2D eigenvalue weighted by Crippen LogP contribution is -2.32. The summed E-state index contributed by atoms with van der Waals surface area (Å²) in [5.41, 5.74) is 6.62. The van der Waals surface area contributed by atoms with E-state index in [2.05, 4.69) is 93.2 Å². The van der Waals surface area contributed by atoms with E-state index in [1.807, 2.05) is 0 Å². The summed E-state index contributed by atoms with van der Waals surface area (Å²) in [6.45, 7) is 6.83. The number of hydrogen-bond acceptors (Lipinski definition) is 1. The number of rotatable bonds is 2. The molecule has 0 radical (unpaired) electrons. The van der Waals surface area contributed by atoms with Gasteiger partial charge < -0.3 is 4.74 Å². The van der Waals surface area contributed by atoms with Gasteiger partial charge in [-0.3, -0.25) is 0 Å². The molecule has 0 atom stereocenters. The van der Waals surface area contributed by atoms with Gasteiger partial charge in [0.2, 0.25) is 5.69 Å². The molecule has 0 spiro atoms. The first-order valence-corrected chi connectivity index (χ1v) is 13.7. The summed E-state index contributed by atoms with van der Waals surface area (Å²) in [6, 6.07) is 20.6. The van der Waals surface area contributed by atoms with Gasteiger partial charge in [-0.2, -0.15) is 0 Å². The third-order valence-electron chi connectivity index (χ3n) is 8.79. The van der Waals surface area contributed by atoms with Crippen LogP contribution in [0.3, 0.4) is 0 Å². The topological polar surface area (TPSA) is 13.1 Å². The molecule has 1 aromatic heterocycles. The number of fused-ring (bicyclic) bond motifs is 5. The van der Waals surface area contributed by atoms with Crippen molar-refractivity contribution in [3.05, 3.63) is 77.5 Å². The van der Waals surface area contributed by atoms with Crippen LogP contribution in [0.1, 0.15) is 74.5 Å². The number of benzene rings is 4. The molecule has 4 aromatic carbocycles. The largest absolute Gasteiger partial charge is 0.455 e. The van der Waals surface area contributed by atoms with Crippen molar-refractivity contribution in [2.45, 2.75) is 64.7 Å². The van der Waals surface area contributed by atoms with Gasteiger partial charge in [0.1, 0.15) is 18.5 Å². The van der Waals surface area contributed by atoms with Gasteiger partial charge in [0, 0.05) is 17.0 Å². The Bertz CT molecular complexity index is 1690. The van der Waals surface area contributed by atoms with Crippen molar-refractivity contribution in [3.63, 3.8) is 0 Å². The van der Waals surface area contributed by atoms with E-state index < -0.39 is 0 Å². The summed E-state index contributed by atoms with van der Waals surface area (Å²) in [6.07, 6.45) is 8.97. The number of pyridine rings is 1. The second kappa shape index (κ2) is 8.06. The molecule has 0 bridgehead atoms. The summed E-state index contributed by atoms with van der Waals surface area (Å²) in [7, 11) is 2.17. The van der Waals surface area contributed by atoms with Gasteiger partial charge in [0.25, 0.3) is 0 Å². The number of aromatic nitrogens is 1. The number of aryl methyl sites for hydroxylation is 2. The predicted molar refractivity (Wildman–Crippen MR) is 150 cm³/mol. The lowest BCUT2D eigenvalue weighted by molar-refractivity contribution is -0.659. The predicted octanol–water partition coefficient (Wildman–Crippen LogP) is 9.22. The third-order valence-corrected chi connectivity index (χ3v) is 8.79. The van der Waals surface area contributed by atoms with Crippen LogP contribution >= 0.6 is 0 Å². The Morgan fingerprint density at radius 2 is 1.64 bits per heavy atom. The number of nitrogens with zero attached hydrogens (tertiary/aromatic N) is 1. The highest BCUT2D eigenvalue weighted by Crippen LogP contribution is 2.53. The highest BCUT2D eigenvalue weighted by Gasteiger charge is 2.34. The standard InChI is InChI=1S/C34H34NO/c1-20(2)30-27-13-9-8-12-25(27)21(3)31-33-32-28(16-17-35(33)4)26-15-14-23(22-10-6-5-7-11-22)18-24(26)19-29(32)36-34(30)31/h8-9,12-20,22H,5-7,10-11H2,1-4H3/q+1. The third kappa shape index (κ3) is 3.06. The fourth-order valence-corrected chi connectivity index (χ4v) is 7.03. The molecule has 2 aliphatic rings. The number of ether oxygens (including phenoxy) is 1. The average molecular weight is 473 g/mol. The maximum absolute atomic E-state index is 6.97. The zero-order chi connectivity index (χ0) is 24.6. The molecule has 2 heterocycles. The first-order chi connectivity index (χ1) is 17.5. The van der Waals surface area contributed by atoms with E-state index in [1.54, 1.807) is 0 Å². The molecular formula is C34H34NO+. The van der Waals surface area contributed by atoms with Crippen molar-refractivity contribution in [1.29, 1.82) is 0 Å². The quantitative estimate of drug-likeness (QED) is 0.181. The molecule has 0 saturated heterocycles. The van der Waals surface area contributed by atoms with E-state index in [0.29, 0.717) is 11.8 Å². The van der Waals surface area contributed by atoms with Crippen LogP contribution in [0.4, 0.5) is 0 Å². The van der Waals surface area contributed by atoms with Crippen molar-refractivity contribution in [1.82, 2.24) is 0 Å². The summed E-state index contributed by atoms with van der Waals surface area (Å²) in [5.74, 6) is 3.09. The van der Waals surface area contributed by atoms with Crippen molar-refractivity contribution in [2.75, 3.05) is 0 Å². The van der Waals surface area contributed by atoms with Crippen LogP contribution in [-0.2, 0) is 7.05 Å². The van der Waals surface area contributed by atoms with Crippen LogP contribution in [0, 0.1) is 6.92 Å².